The monoisotopic (exact) mass is 253 g/mol. The van der Waals surface area contributed by atoms with Crippen LogP contribution in [0.3, 0.4) is 0 Å². The molecule has 2 rings (SSSR count). The molecule has 1 aromatic carbocycles. The van der Waals surface area contributed by atoms with Crippen LogP contribution < -0.4 is 0 Å². The maximum atomic E-state index is 14.0. The van der Waals surface area contributed by atoms with Gasteiger partial charge < -0.3 is 9.67 Å². The first-order valence-electron chi connectivity index (χ1n) is 5.58. The molecule has 0 bridgehead atoms. The molecule has 1 aromatic heterocycles. The third kappa shape index (κ3) is 1.88. The fraction of sp³-hybridized carbons (Fsp3) is 0.333. The fourth-order valence-electron chi connectivity index (χ4n) is 1.83. The van der Waals surface area contributed by atoms with E-state index in [0.29, 0.717) is 12.1 Å². The van der Waals surface area contributed by atoms with Crippen molar-refractivity contribution in [3.05, 3.63) is 35.2 Å². The Bertz CT molecular complexity index is 581. The quantitative estimate of drug-likeness (QED) is 0.910. The number of hydrogen-bond acceptors (Lipinski definition) is 3. The van der Waals surface area contributed by atoms with Crippen LogP contribution in [0.15, 0.2) is 12.1 Å². The van der Waals surface area contributed by atoms with Gasteiger partial charge in [0.05, 0.1) is 5.56 Å². The zero-order chi connectivity index (χ0) is 13.3. The number of aliphatic hydroxyl groups excluding tert-OH is 1. The van der Waals surface area contributed by atoms with E-state index < -0.39 is 11.6 Å². The summed E-state index contributed by atoms with van der Waals surface area (Å²) < 4.78 is 29.2. The van der Waals surface area contributed by atoms with Crippen LogP contribution in [0.25, 0.3) is 11.4 Å². The number of hydrogen-bond donors (Lipinski definition) is 1. The SMILES string of the molecule is CCn1c(CO)nnc1-c1c(F)ccc(C)c1F. The van der Waals surface area contributed by atoms with Gasteiger partial charge in [-0.05, 0) is 25.5 Å². The van der Waals surface area contributed by atoms with Crippen LogP contribution >= 0.6 is 0 Å². The van der Waals surface area contributed by atoms with Crippen molar-refractivity contribution in [3.8, 4) is 11.4 Å². The van der Waals surface area contributed by atoms with Crippen molar-refractivity contribution in [3.63, 3.8) is 0 Å². The van der Waals surface area contributed by atoms with E-state index in [9.17, 15) is 8.78 Å². The highest BCUT2D eigenvalue weighted by Crippen LogP contribution is 2.27. The summed E-state index contributed by atoms with van der Waals surface area (Å²) in [6, 6.07) is 2.56. The summed E-state index contributed by atoms with van der Waals surface area (Å²) in [7, 11) is 0. The zero-order valence-electron chi connectivity index (χ0n) is 10.1. The predicted molar refractivity (Wildman–Crippen MR) is 61.7 cm³/mol. The second-order valence-electron chi connectivity index (χ2n) is 3.90. The average molecular weight is 253 g/mol. The number of halogens is 2. The van der Waals surface area contributed by atoms with Crippen molar-refractivity contribution in [1.82, 2.24) is 14.8 Å². The van der Waals surface area contributed by atoms with Gasteiger partial charge >= 0.3 is 0 Å². The van der Waals surface area contributed by atoms with Crippen molar-refractivity contribution < 1.29 is 13.9 Å². The van der Waals surface area contributed by atoms with E-state index >= 15 is 0 Å². The average Bonchev–Trinajstić information content (AvgIpc) is 2.77. The summed E-state index contributed by atoms with van der Waals surface area (Å²) in [5.41, 5.74) is 0.131. The van der Waals surface area contributed by atoms with Crippen LogP contribution in [0.1, 0.15) is 18.3 Å². The lowest BCUT2D eigenvalue weighted by Crippen LogP contribution is -2.06. The van der Waals surface area contributed by atoms with E-state index in [2.05, 4.69) is 10.2 Å². The number of aliphatic hydroxyl groups is 1. The molecule has 1 heterocycles. The molecule has 0 saturated carbocycles. The Balaban J connectivity index is 2.69. The summed E-state index contributed by atoms with van der Waals surface area (Å²) in [4.78, 5) is 0. The van der Waals surface area contributed by atoms with Gasteiger partial charge in [0, 0.05) is 6.54 Å². The Morgan fingerprint density at radius 3 is 2.61 bits per heavy atom. The molecule has 0 radical (unpaired) electrons. The number of nitrogens with zero attached hydrogens (tertiary/aromatic N) is 3. The van der Waals surface area contributed by atoms with E-state index in [1.165, 1.54) is 16.7 Å². The molecule has 6 heteroatoms. The number of aromatic nitrogens is 3. The predicted octanol–water partition coefficient (Wildman–Crippen LogP) is 2.04. The third-order valence-electron chi connectivity index (χ3n) is 2.79. The minimum atomic E-state index is -0.690. The first-order valence-corrected chi connectivity index (χ1v) is 5.58. The van der Waals surface area contributed by atoms with Gasteiger partial charge in [0.2, 0.25) is 0 Å². The van der Waals surface area contributed by atoms with Crippen LogP contribution in [0.4, 0.5) is 8.78 Å². The van der Waals surface area contributed by atoms with E-state index in [4.69, 9.17) is 5.11 Å². The van der Waals surface area contributed by atoms with Gasteiger partial charge in [-0.3, -0.25) is 0 Å². The molecule has 0 saturated heterocycles. The Morgan fingerprint density at radius 1 is 1.28 bits per heavy atom. The van der Waals surface area contributed by atoms with Crippen molar-refractivity contribution in [2.75, 3.05) is 0 Å². The standard InChI is InChI=1S/C12H13F2N3O/c1-3-17-9(6-18)15-16-12(17)10-8(13)5-4-7(2)11(10)14/h4-5,18H,3,6H2,1-2H3. The Kier molecular flexibility index (Phi) is 3.38. The highest BCUT2D eigenvalue weighted by molar-refractivity contribution is 5.58. The van der Waals surface area contributed by atoms with Crippen LogP contribution in [0, 0.1) is 18.6 Å². The lowest BCUT2D eigenvalue weighted by molar-refractivity contribution is 0.265. The molecule has 0 aliphatic heterocycles. The minimum Gasteiger partial charge on any atom is -0.388 e. The third-order valence-corrected chi connectivity index (χ3v) is 2.79. The molecule has 4 nitrogen and oxygen atoms in total. The van der Waals surface area contributed by atoms with Crippen molar-refractivity contribution in [2.45, 2.75) is 27.0 Å². The largest absolute Gasteiger partial charge is 0.388 e. The molecule has 18 heavy (non-hydrogen) atoms. The Hall–Kier alpha value is -1.82. The molecule has 96 valence electrons. The van der Waals surface area contributed by atoms with E-state index in [-0.39, 0.29) is 23.8 Å². The van der Waals surface area contributed by atoms with Crippen molar-refractivity contribution in [2.24, 2.45) is 0 Å². The maximum absolute atomic E-state index is 14.0. The summed E-state index contributed by atoms with van der Waals surface area (Å²) in [6.07, 6.45) is 0. The first-order chi connectivity index (χ1) is 8.60. The van der Waals surface area contributed by atoms with Crippen LogP contribution in [-0.2, 0) is 13.2 Å². The van der Waals surface area contributed by atoms with Crippen LogP contribution in [0.5, 0.6) is 0 Å². The second-order valence-corrected chi connectivity index (χ2v) is 3.90. The highest BCUT2D eigenvalue weighted by atomic mass is 19.1. The topological polar surface area (TPSA) is 50.9 Å². The van der Waals surface area contributed by atoms with Gasteiger partial charge in [0.1, 0.15) is 18.2 Å². The smallest absolute Gasteiger partial charge is 0.169 e. The zero-order valence-corrected chi connectivity index (χ0v) is 10.1. The second kappa shape index (κ2) is 4.81. The lowest BCUT2D eigenvalue weighted by atomic mass is 10.1. The lowest BCUT2D eigenvalue weighted by Gasteiger charge is -2.09. The number of benzene rings is 1. The summed E-state index contributed by atoms with van der Waals surface area (Å²) >= 11 is 0. The molecule has 0 aliphatic carbocycles. The Morgan fingerprint density at radius 2 is 2.00 bits per heavy atom. The van der Waals surface area contributed by atoms with Gasteiger partial charge in [-0.2, -0.15) is 0 Å². The van der Waals surface area contributed by atoms with E-state index in [1.54, 1.807) is 13.8 Å². The molecular weight excluding hydrogens is 240 g/mol. The molecular formula is C12H13F2N3O. The normalized spacial score (nSPS) is 10.9. The first kappa shape index (κ1) is 12.6. The molecule has 0 amide bonds. The summed E-state index contributed by atoms with van der Waals surface area (Å²) in [5.74, 6) is -0.959. The molecule has 2 aromatic rings. The molecule has 0 fully saturated rings. The Labute approximate surface area is 103 Å². The maximum Gasteiger partial charge on any atom is 0.169 e. The molecule has 1 N–H and O–H groups in total. The minimum absolute atomic E-state index is 0.0975. The van der Waals surface area contributed by atoms with Crippen molar-refractivity contribution in [1.29, 1.82) is 0 Å². The number of aryl methyl sites for hydroxylation is 1. The van der Waals surface area contributed by atoms with Gasteiger partial charge in [-0.1, -0.05) is 6.07 Å². The van der Waals surface area contributed by atoms with E-state index in [1.807, 2.05) is 0 Å². The van der Waals surface area contributed by atoms with Gasteiger partial charge in [0.15, 0.2) is 11.6 Å². The van der Waals surface area contributed by atoms with Crippen LogP contribution in [-0.4, -0.2) is 19.9 Å². The fourth-order valence-corrected chi connectivity index (χ4v) is 1.83. The van der Waals surface area contributed by atoms with Gasteiger partial charge in [-0.15, -0.1) is 10.2 Å². The highest BCUT2D eigenvalue weighted by Gasteiger charge is 2.20. The number of rotatable bonds is 3. The molecule has 0 spiro atoms. The van der Waals surface area contributed by atoms with Gasteiger partial charge in [0.25, 0.3) is 0 Å². The summed E-state index contributed by atoms with van der Waals surface area (Å²) in [5, 5.41) is 16.6. The molecule has 0 unspecified atom stereocenters. The molecule has 0 aliphatic rings. The summed E-state index contributed by atoms with van der Waals surface area (Å²) in [6.45, 7) is 3.44. The van der Waals surface area contributed by atoms with Gasteiger partial charge in [-0.25, -0.2) is 8.78 Å². The van der Waals surface area contributed by atoms with Crippen LogP contribution in [0.2, 0.25) is 0 Å². The molecule has 0 atom stereocenters. The van der Waals surface area contributed by atoms with Crippen molar-refractivity contribution >= 4 is 0 Å². The van der Waals surface area contributed by atoms with E-state index in [0.717, 1.165) is 0 Å².